The number of unbranched alkanes of at least 4 members (excludes halogenated alkanes) is 4. The Balaban J connectivity index is 1.28. The van der Waals surface area contributed by atoms with E-state index in [1.54, 1.807) is 45.9 Å². The number of aliphatic hydroxyl groups is 1. The number of aliphatic carboxylic acids is 4. The van der Waals surface area contributed by atoms with Gasteiger partial charge in [-0.25, -0.2) is 19.7 Å². The second kappa shape index (κ2) is 58.2. The van der Waals surface area contributed by atoms with Crippen molar-refractivity contribution in [2.24, 2.45) is 70.6 Å². The second-order valence-corrected chi connectivity index (χ2v) is 41.5. The molecule has 4 aromatic rings. The number of allylic oxidation sites excluding steroid dienone is 3. The summed E-state index contributed by atoms with van der Waals surface area (Å²) >= 11 is 2.24. The summed E-state index contributed by atoms with van der Waals surface area (Å²) in [5.74, 6) is -29.3. The number of carbonyl (C=O) groups excluding carboxylic acids is 17. The Labute approximate surface area is 867 Å². The lowest BCUT2D eigenvalue weighted by Gasteiger charge is -2.27. The number of aryl methyl sites for hydroxylation is 3. The minimum atomic E-state index is -1.75. The van der Waals surface area contributed by atoms with Crippen LogP contribution in [0, 0.1) is 59.2 Å². The van der Waals surface area contributed by atoms with Gasteiger partial charge in [0.05, 0.1) is 70.3 Å². The molecule has 4 aromatic heterocycles. The van der Waals surface area contributed by atoms with Crippen molar-refractivity contribution in [2.45, 2.75) is 324 Å². The third-order valence-electron chi connectivity index (χ3n) is 27.6. The Hall–Kier alpha value is -12.9. The van der Waals surface area contributed by atoms with Crippen molar-refractivity contribution in [3.05, 3.63) is 81.9 Å². The number of aromatic amines is 3. The van der Waals surface area contributed by atoms with Gasteiger partial charge >= 0.3 is 29.8 Å². The Morgan fingerprint density at radius 3 is 1.70 bits per heavy atom. The van der Waals surface area contributed by atoms with Gasteiger partial charge in [0.15, 0.2) is 11.6 Å². The lowest BCUT2D eigenvalue weighted by molar-refractivity contribution is -0.197. The summed E-state index contributed by atoms with van der Waals surface area (Å²) in [5.41, 5.74) is 18.7. The number of hydrogen-bond donors (Lipinski definition) is 14. The van der Waals surface area contributed by atoms with Gasteiger partial charge in [0.2, 0.25) is 35.4 Å². The van der Waals surface area contributed by atoms with Crippen LogP contribution in [0.3, 0.4) is 0 Å². The van der Waals surface area contributed by atoms with E-state index in [9.17, 15) is 92.7 Å². The molecule has 12 atom stereocenters. The van der Waals surface area contributed by atoms with E-state index in [4.69, 9.17) is 26.3 Å². The summed E-state index contributed by atoms with van der Waals surface area (Å²) in [6.45, 7) is 18.3. The monoisotopic (exact) mass is 2090 g/mol. The zero-order valence-corrected chi connectivity index (χ0v) is 87.8. The number of thioether (sulfide) groups is 2. The van der Waals surface area contributed by atoms with Gasteiger partial charge in [-0.15, -0.1) is 28.6 Å². The van der Waals surface area contributed by atoms with Crippen molar-refractivity contribution < 1.29 is 131 Å². The predicted octanol–water partition coefficient (Wildman–Crippen LogP) is 11.2. The Morgan fingerprint density at radius 1 is 0.534 bits per heavy atom. The van der Waals surface area contributed by atoms with E-state index < -0.39 is 284 Å². The van der Waals surface area contributed by atoms with Crippen molar-refractivity contribution >= 4 is 191 Å². The Kier molecular flexibility index (Phi) is 47.3. The molecule has 0 aromatic carbocycles. The lowest BCUT2D eigenvalue weighted by atomic mass is 9.78. The highest BCUT2D eigenvalue weighted by molar-refractivity contribution is 8.08. The van der Waals surface area contributed by atoms with E-state index in [0.29, 0.717) is 132 Å². The molecule has 8 amide bonds. The van der Waals surface area contributed by atoms with Crippen molar-refractivity contribution in [3.63, 3.8) is 0 Å². The number of ketones is 8. The van der Waals surface area contributed by atoms with E-state index >= 15 is 33.6 Å². The van der Waals surface area contributed by atoms with Gasteiger partial charge in [0, 0.05) is 209 Å². The topological polar surface area (TPSA) is 658 Å². The van der Waals surface area contributed by atoms with Crippen molar-refractivity contribution in [1.29, 1.82) is 0 Å². The first-order chi connectivity index (χ1) is 70.1. The molecule has 0 aliphatic carbocycles. The average Bonchev–Trinajstić information content (AvgIpc) is 1.61. The van der Waals surface area contributed by atoms with E-state index in [0.717, 1.165) is 11.8 Å². The number of H-pyrrole nitrogens is 3. The standard InChI is InChI=1S/C106H143N13O27S2/c1-12-66-70(28-35-98(137)138)78-48-79-71(29-36-99(139)140)67(13-2)75(113-79)49-81-103-69(15-4)77(115-81)50-82-102(68(14-3)76(114-82)47-74(66)112-78)147-52-64(43-87(125)60(22-20-21-37-110-59(11)121)39-86(124)61(25-30-92(107)130)40-91(129)101(56(7)8)118-94(132)23-18-16-17-19-24-100(141)146-119-95(133)32-33-96(119)134)85(123)38-57(9)84(122)41-62(26-31-93(108)131)104(142)117-83(53-148-103)105(143)116-80(44-65-51-109-54-111-65)90(128)46-73(58(10)120)89(127)45-72(55(5)6)88(126)42-63(106(144)145)27-34-97(135)136/h47-51,54-58,60-64,72-73,80,83,101,113-114,120H,12-46,52-53H2,1-11H3,(H2,107,130)(H2,108,131)(H,109,111)(H,110,121)(H,116,143)(H,117,142)(H,118,132)(H,135,136)(H,137,138)(H,139,140)(H,144,145). The van der Waals surface area contributed by atoms with Crippen LogP contribution in [-0.2, 0) is 131 Å². The summed E-state index contributed by atoms with van der Waals surface area (Å²) in [6, 6.07) is 2.60. The molecule has 4 aliphatic heterocycles. The van der Waals surface area contributed by atoms with Crippen molar-refractivity contribution in [2.75, 3.05) is 18.1 Å². The van der Waals surface area contributed by atoms with Crippen LogP contribution in [0.25, 0.3) is 43.7 Å². The van der Waals surface area contributed by atoms with Gasteiger partial charge in [0.1, 0.15) is 40.7 Å². The number of carboxylic acids is 4. The zero-order chi connectivity index (χ0) is 109. The highest BCUT2D eigenvalue weighted by atomic mass is 32.2. The Bertz CT molecular complexity index is 5840. The van der Waals surface area contributed by atoms with Crippen LogP contribution in [0.15, 0.2) is 41.7 Å². The molecule has 16 N–H and O–H groups in total. The fraction of sp³-hybridized carbons (Fsp3) is 0.585. The van der Waals surface area contributed by atoms with Gasteiger partial charge in [-0.1, -0.05) is 81.6 Å². The number of imide groups is 1. The lowest BCUT2D eigenvalue weighted by Crippen LogP contribution is -2.54. The number of hydroxylamine groups is 2. The third kappa shape index (κ3) is 35.7. The number of fused-ring (bicyclic) bond motifs is 7. The number of amides is 8. The molecule has 148 heavy (non-hydrogen) atoms. The molecular weight excluding hydrogens is 1950 g/mol. The summed E-state index contributed by atoms with van der Waals surface area (Å²) in [5, 5.41) is 63.1. The molecule has 0 saturated carbocycles. The van der Waals surface area contributed by atoms with Gasteiger partial charge < -0.3 is 78.1 Å². The number of nitrogens with zero attached hydrogens (tertiary/aromatic N) is 4. The number of hydrogen-bond acceptors (Lipinski definition) is 28. The maximum absolute atomic E-state index is 16.0. The molecular formula is C106H143N13O27S2. The third-order valence-corrected chi connectivity index (χ3v) is 30.1. The Morgan fingerprint density at radius 2 is 1.10 bits per heavy atom. The SMILES string of the molecule is CCC1=C(CCC(=O)O)c2cc3[nH]c(cc4nc5cc6[nH]c(cc1n2)c(CC)c6SCC(CC(=O)C(CCCCNC(C)=O)CC(=O)C(CCC(N)=O)CC(=O)C(NC(=O)CCCCCCC(=O)ON1C(=O)CCC1=O)C(C)C)C(=O)CC(C)C(=O)CC(CCC(N)=O)C(=O)NC(C(=O)NC(Cc1c[nH]cn1)C(=O)CC(C(=O)CC(C(=O)CC(CCC(=O)O)C(=O)O)C(C)C)C(C)O)CSC4=C5CC)c(CC)c3CCC(=O)O. The molecule has 40 nitrogen and oxygen atoms in total. The second-order valence-electron chi connectivity index (χ2n) is 39.4. The summed E-state index contributed by atoms with van der Waals surface area (Å²) < 4.78 is 0. The first-order valence-corrected chi connectivity index (χ1v) is 53.2. The molecule has 4 aliphatic rings. The number of Topliss-reactive ketones (excluding diaryl/α,β-unsaturated/α-hetero) is 8. The smallest absolute Gasteiger partial charge is 0.333 e. The van der Waals surface area contributed by atoms with E-state index in [-0.39, 0.29) is 126 Å². The minimum Gasteiger partial charge on any atom is -0.481 e. The van der Waals surface area contributed by atoms with Crippen molar-refractivity contribution in [1.82, 2.24) is 56.2 Å². The van der Waals surface area contributed by atoms with Crippen LogP contribution in [0.1, 0.15) is 314 Å². The number of aromatic nitrogens is 6. The van der Waals surface area contributed by atoms with E-state index in [1.807, 2.05) is 33.8 Å². The fourth-order valence-electron chi connectivity index (χ4n) is 19.1. The average molecular weight is 2100 g/mol. The van der Waals surface area contributed by atoms with Crippen molar-refractivity contribution in [3.8, 4) is 0 Å². The van der Waals surface area contributed by atoms with Crippen LogP contribution >= 0.6 is 23.5 Å². The molecule has 42 heteroatoms. The number of carbonyl (C=O) groups is 21. The molecule has 1 saturated heterocycles. The molecule has 806 valence electrons. The molecule has 1 fully saturated rings. The largest absolute Gasteiger partial charge is 0.481 e. The van der Waals surface area contributed by atoms with Gasteiger partial charge in [-0.05, 0) is 160 Å². The number of rotatable bonds is 59. The van der Waals surface area contributed by atoms with Crippen LogP contribution < -0.4 is 32.7 Å². The van der Waals surface area contributed by atoms with Gasteiger partial charge in [-0.3, -0.25) is 95.9 Å². The number of primary amides is 2. The maximum atomic E-state index is 16.0. The number of aliphatic hydroxyl groups excluding tert-OH is 1. The number of imidazole rings is 1. The summed E-state index contributed by atoms with van der Waals surface area (Å²) in [4.78, 5) is 321. The normalized spacial score (nSPS) is 17.6. The van der Waals surface area contributed by atoms with Crippen LogP contribution in [0.5, 0.6) is 0 Å². The summed E-state index contributed by atoms with van der Waals surface area (Å²) in [7, 11) is 0. The molecule has 0 radical (unpaired) electrons. The first kappa shape index (κ1) is 120. The number of nitrogens with one attached hydrogen (secondary N) is 7. The van der Waals surface area contributed by atoms with Crippen LogP contribution in [-0.4, -0.2) is 226 Å². The van der Waals surface area contributed by atoms with E-state index in [2.05, 4.69) is 41.2 Å². The molecule has 9 bridgehead atoms. The molecule has 12 unspecified atom stereocenters. The van der Waals surface area contributed by atoms with Gasteiger partial charge in [-0.2, -0.15) is 0 Å². The maximum Gasteiger partial charge on any atom is 0.333 e. The fourth-order valence-corrected chi connectivity index (χ4v) is 21.7. The zero-order valence-electron chi connectivity index (χ0n) is 86.2. The molecule has 8 heterocycles. The van der Waals surface area contributed by atoms with Crippen LogP contribution in [0.4, 0.5) is 0 Å². The highest BCUT2D eigenvalue weighted by Crippen LogP contribution is 2.45. The first-order valence-electron chi connectivity index (χ1n) is 51.2. The van der Waals surface area contributed by atoms with Gasteiger partial charge in [0.25, 0.3) is 11.8 Å². The molecule has 8 rings (SSSR count). The number of carboxylic acid groups (broad SMARTS) is 4. The highest BCUT2D eigenvalue weighted by Gasteiger charge is 2.42. The van der Waals surface area contributed by atoms with E-state index in [1.165, 1.54) is 45.1 Å². The quantitative estimate of drug-likeness (QED) is 0.0144. The molecule has 0 spiro atoms. The van der Waals surface area contributed by atoms with Crippen LogP contribution in [0.2, 0.25) is 0 Å². The number of nitrogens with two attached hydrogens (primary N) is 2. The summed E-state index contributed by atoms with van der Waals surface area (Å²) in [6.07, 6.45) is -4.25. The minimum absolute atomic E-state index is 0.00168. The predicted molar refractivity (Wildman–Crippen MR) is 549 cm³/mol.